The highest BCUT2D eigenvalue weighted by Gasteiger charge is 2.07. The van der Waals surface area contributed by atoms with E-state index in [-0.39, 0.29) is 12.4 Å². The second-order valence-corrected chi connectivity index (χ2v) is 3.59. The monoisotopic (exact) mass is 253 g/mol. The van der Waals surface area contributed by atoms with Crippen LogP contribution in [0.4, 0.5) is 0 Å². The van der Waals surface area contributed by atoms with Crippen LogP contribution in [-0.4, -0.2) is 17.2 Å². The Morgan fingerprint density at radius 1 is 1.24 bits per heavy atom. The SMILES string of the molecule is CCc1ccc(-c2noc(CNC)n2)cc1.Cl. The van der Waals surface area contributed by atoms with E-state index in [1.54, 1.807) is 0 Å². The predicted octanol–water partition coefficient (Wildman–Crippen LogP) is 2.44. The summed E-state index contributed by atoms with van der Waals surface area (Å²) in [7, 11) is 1.85. The fourth-order valence-corrected chi connectivity index (χ4v) is 1.48. The van der Waals surface area contributed by atoms with Crippen LogP contribution in [0.2, 0.25) is 0 Å². The molecule has 1 aromatic carbocycles. The van der Waals surface area contributed by atoms with E-state index < -0.39 is 0 Å². The molecule has 1 aromatic heterocycles. The number of hydrogen-bond donors (Lipinski definition) is 1. The van der Waals surface area contributed by atoms with E-state index in [1.165, 1.54) is 5.56 Å². The van der Waals surface area contributed by atoms with E-state index in [1.807, 2.05) is 19.2 Å². The Hall–Kier alpha value is -1.39. The smallest absolute Gasteiger partial charge is 0.240 e. The van der Waals surface area contributed by atoms with Gasteiger partial charge < -0.3 is 9.84 Å². The first-order chi connectivity index (χ1) is 7.83. The zero-order chi connectivity index (χ0) is 11.4. The Balaban J connectivity index is 0.00000144. The van der Waals surface area contributed by atoms with Crippen molar-refractivity contribution in [3.63, 3.8) is 0 Å². The average Bonchev–Trinajstić information content (AvgIpc) is 2.78. The second kappa shape index (κ2) is 6.37. The van der Waals surface area contributed by atoms with Gasteiger partial charge in [-0.05, 0) is 19.0 Å². The largest absolute Gasteiger partial charge is 0.338 e. The van der Waals surface area contributed by atoms with Crippen LogP contribution in [0.5, 0.6) is 0 Å². The molecule has 0 fully saturated rings. The summed E-state index contributed by atoms with van der Waals surface area (Å²) >= 11 is 0. The number of aryl methyl sites for hydroxylation is 1. The number of benzene rings is 1. The normalized spacial score (nSPS) is 10.0. The minimum absolute atomic E-state index is 0. The number of halogens is 1. The van der Waals surface area contributed by atoms with Crippen molar-refractivity contribution in [2.75, 3.05) is 7.05 Å². The summed E-state index contributed by atoms with van der Waals surface area (Å²) in [6, 6.07) is 8.21. The molecule has 0 aliphatic carbocycles. The molecule has 1 heterocycles. The Morgan fingerprint density at radius 3 is 2.53 bits per heavy atom. The molecule has 0 atom stereocenters. The van der Waals surface area contributed by atoms with Crippen molar-refractivity contribution in [2.45, 2.75) is 19.9 Å². The van der Waals surface area contributed by atoms with Gasteiger partial charge in [-0.25, -0.2) is 0 Å². The van der Waals surface area contributed by atoms with Crippen LogP contribution in [0.15, 0.2) is 28.8 Å². The third-order valence-corrected chi connectivity index (χ3v) is 2.42. The van der Waals surface area contributed by atoms with E-state index in [9.17, 15) is 0 Å². The van der Waals surface area contributed by atoms with Gasteiger partial charge in [0.2, 0.25) is 11.7 Å². The molecule has 5 heteroatoms. The molecular weight excluding hydrogens is 238 g/mol. The molecule has 0 spiro atoms. The maximum absolute atomic E-state index is 5.09. The topological polar surface area (TPSA) is 51.0 Å². The van der Waals surface area contributed by atoms with Crippen molar-refractivity contribution in [1.82, 2.24) is 15.5 Å². The van der Waals surface area contributed by atoms with Gasteiger partial charge in [-0.1, -0.05) is 36.3 Å². The standard InChI is InChI=1S/C12H15N3O.ClH/c1-3-9-4-6-10(7-5-9)12-14-11(8-13-2)16-15-12;/h4-7,13H,3,8H2,1-2H3;1H. The molecule has 0 saturated carbocycles. The second-order valence-electron chi connectivity index (χ2n) is 3.59. The highest BCUT2D eigenvalue weighted by atomic mass is 35.5. The van der Waals surface area contributed by atoms with E-state index in [0.29, 0.717) is 18.3 Å². The quantitative estimate of drug-likeness (QED) is 0.909. The molecule has 0 aliphatic heterocycles. The van der Waals surface area contributed by atoms with E-state index in [4.69, 9.17) is 4.52 Å². The number of aromatic nitrogens is 2. The van der Waals surface area contributed by atoms with E-state index in [2.05, 4.69) is 34.5 Å². The first kappa shape index (κ1) is 13.7. The molecule has 1 N–H and O–H groups in total. The average molecular weight is 254 g/mol. The first-order valence-corrected chi connectivity index (χ1v) is 5.40. The zero-order valence-electron chi connectivity index (χ0n) is 9.93. The van der Waals surface area contributed by atoms with Crippen LogP contribution in [0, 0.1) is 0 Å². The number of rotatable bonds is 4. The summed E-state index contributed by atoms with van der Waals surface area (Å²) in [5.41, 5.74) is 2.30. The summed E-state index contributed by atoms with van der Waals surface area (Å²) in [5.74, 6) is 1.25. The van der Waals surface area contributed by atoms with Crippen LogP contribution in [0.1, 0.15) is 18.4 Å². The van der Waals surface area contributed by atoms with Crippen molar-refractivity contribution in [3.8, 4) is 11.4 Å². The molecule has 2 rings (SSSR count). The van der Waals surface area contributed by atoms with Crippen LogP contribution in [-0.2, 0) is 13.0 Å². The molecule has 92 valence electrons. The molecule has 0 radical (unpaired) electrons. The van der Waals surface area contributed by atoms with Gasteiger partial charge in [-0.2, -0.15) is 4.98 Å². The molecule has 4 nitrogen and oxygen atoms in total. The van der Waals surface area contributed by atoms with Crippen molar-refractivity contribution in [2.24, 2.45) is 0 Å². The minimum Gasteiger partial charge on any atom is -0.338 e. The maximum Gasteiger partial charge on any atom is 0.240 e. The van der Waals surface area contributed by atoms with Gasteiger partial charge >= 0.3 is 0 Å². The van der Waals surface area contributed by atoms with Crippen molar-refractivity contribution >= 4 is 12.4 Å². The molecule has 2 aromatic rings. The summed E-state index contributed by atoms with van der Waals surface area (Å²) in [6.07, 6.45) is 1.04. The lowest BCUT2D eigenvalue weighted by Crippen LogP contribution is -2.04. The molecule has 17 heavy (non-hydrogen) atoms. The molecule has 0 bridgehead atoms. The maximum atomic E-state index is 5.09. The lowest BCUT2D eigenvalue weighted by molar-refractivity contribution is 0.372. The van der Waals surface area contributed by atoms with Gasteiger partial charge in [0, 0.05) is 5.56 Å². The number of nitrogens with one attached hydrogen (secondary N) is 1. The van der Waals surface area contributed by atoms with Gasteiger partial charge in [0.05, 0.1) is 6.54 Å². The number of nitrogens with zero attached hydrogens (tertiary/aromatic N) is 2. The molecule has 0 amide bonds. The fraction of sp³-hybridized carbons (Fsp3) is 0.333. The van der Waals surface area contributed by atoms with Crippen molar-refractivity contribution in [3.05, 3.63) is 35.7 Å². The van der Waals surface area contributed by atoms with E-state index >= 15 is 0 Å². The Kier molecular flexibility index (Phi) is 5.12. The minimum atomic E-state index is 0. The van der Waals surface area contributed by atoms with Gasteiger partial charge in [0.25, 0.3) is 0 Å². The summed E-state index contributed by atoms with van der Waals surface area (Å²) in [4.78, 5) is 4.29. The lowest BCUT2D eigenvalue weighted by Gasteiger charge is -1.97. The lowest BCUT2D eigenvalue weighted by atomic mass is 10.1. The van der Waals surface area contributed by atoms with Gasteiger partial charge in [0.15, 0.2) is 0 Å². The third-order valence-electron chi connectivity index (χ3n) is 2.42. The molecular formula is C12H16ClN3O. The number of hydrogen-bond acceptors (Lipinski definition) is 4. The predicted molar refractivity (Wildman–Crippen MR) is 69.1 cm³/mol. The Labute approximate surface area is 107 Å². The highest BCUT2D eigenvalue weighted by molar-refractivity contribution is 5.85. The fourth-order valence-electron chi connectivity index (χ4n) is 1.48. The first-order valence-electron chi connectivity index (χ1n) is 5.40. The van der Waals surface area contributed by atoms with Crippen molar-refractivity contribution in [1.29, 1.82) is 0 Å². The Bertz CT molecular complexity index is 453. The highest BCUT2D eigenvalue weighted by Crippen LogP contribution is 2.16. The van der Waals surface area contributed by atoms with Crippen LogP contribution in [0.3, 0.4) is 0 Å². The summed E-state index contributed by atoms with van der Waals surface area (Å²) in [6.45, 7) is 2.73. The molecule has 0 aliphatic rings. The van der Waals surface area contributed by atoms with Crippen molar-refractivity contribution < 1.29 is 4.52 Å². The third kappa shape index (κ3) is 3.28. The van der Waals surface area contributed by atoms with Gasteiger partial charge in [-0.3, -0.25) is 0 Å². The summed E-state index contributed by atoms with van der Waals surface area (Å²) < 4.78 is 5.09. The summed E-state index contributed by atoms with van der Waals surface area (Å²) in [5, 5.41) is 6.91. The van der Waals surface area contributed by atoms with E-state index in [0.717, 1.165) is 12.0 Å². The molecule has 0 unspecified atom stereocenters. The van der Waals surface area contributed by atoms with Crippen LogP contribution in [0.25, 0.3) is 11.4 Å². The Morgan fingerprint density at radius 2 is 1.94 bits per heavy atom. The van der Waals surface area contributed by atoms with Crippen LogP contribution < -0.4 is 5.32 Å². The zero-order valence-corrected chi connectivity index (χ0v) is 10.8. The molecule has 0 saturated heterocycles. The van der Waals surface area contributed by atoms with Crippen LogP contribution >= 0.6 is 12.4 Å². The van der Waals surface area contributed by atoms with Gasteiger partial charge in [-0.15, -0.1) is 12.4 Å². The van der Waals surface area contributed by atoms with Gasteiger partial charge in [0.1, 0.15) is 0 Å².